The summed E-state index contributed by atoms with van der Waals surface area (Å²) >= 11 is 0. The number of anilines is 3. The SMILES string of the molecule is Cl.Nc1cc(S(=O)(=O)Nc2ccccc2)ccc1N1CCN2CCC=C2C1. The van der Waals surface area contributed by atoms with Gasteiger partial charge in [-0.15, -0.1) is 12.4 Å². The van der Waals surface area contributed by atoms with Gasteiger partial charge in [0.15, 0.2) is 0 Å². The minimum absolute atomic E-state index is 0. The van der Waals surface area contributed by atoms with Crippen LogP contribution in [0.4, 0.5) is 17.1 Å². The molecule has 2 aromatic rings. The first kappa shape index (κ1) is 19.4. The highest BCUT2D eigenvalue weighted by atomic mass is 35.5. The van der Waals surface area contributed by atoms with E-state index in [-0.39, 0.29) is 17.3 Å². The number of nitrogens with zero attached hydrogens (tertiary/aromatic N) is 2. The molecule has 2 aliphatic rings. The lowest BCUT2D eigenvalue weighted by Gasteiger charge is -2.37. The number of para-hydroxylation sites is 1. The molecule has 0 aromatic heterocycles. The van der Waals surface area contributed by atoms with Gasteiger partial charge in [-0.2, -0.15) is 0 Å². The largest absolute Gasteiger partial charge is 0.397 e. The second-order valence-corrected chi connectivity index (χ2v) is 8.27. The molecule has 2 heterocycles. The molecule has 8 heteroatoms. The summed E-state index contributed by atoms with van der Waals surface area (Å²) in [7, 11) is -3.67. The van der Waals surface area contributed by atoms with Crippen molar-refractivity contribution in [1.29, 1.82) is 0 Å². The summed E-state index contributed by atoms with van der Waals surface area (Å²) in [6.07, 6.45) is 3.37. The number of rotatable bonds is 4. The van der Waals surface area contributed by atoms with Crippen LogP contribution in [0.25, 0.3) is 0 Å². The van der Waals surface area contributed by atoms with Gasteiger partial charge >= 0.3 is 0 Å². The Morgan fingerprint density at radius 3 is 2.44 bits per heavy atom. The van der Waals surface area contributed by atoms with E-state index in [0.29, 0.717) is 11.4 Å². The molecule has 144 valence electrons. The lowest BCUT2D eigenvalue weighted by Crippen LogP contribution is -2.43. The number of hydrogen-bond acceptors (Lipinski definition) is 5. The smallest absolute Gasteiger partial charge is 0.261 e. The molecule has 1 fully saturated rings. The highest BCUT2D eigenvalue weighted by Gasteiger charge is 2.25. The van der Waals surface area contributed by atoms with Crippen molar-refractivity contribution in [3.05, 3.63) is 60.3 Å². The Kier molecular flexibility index (Phi) is 5.53. The van der Waals surface area contributed by atoms with Crippen LogP contribution in [-0.4, -0.2) is 39.5 Å². The highest BCUT2D eigenvalue weighted by molar-refractivity contribution is 7.92. The molecule has 0 unspecified atom stereocenters. The van der Waals surface area contributed by atoms with Crippen molar-refractivity contribution in [2.75, 3.05) is 41.5 Å². The van der Waals surface area contributed by atoms with Crippen LogP contribution in [0, 0.1) is 0 Å². The van der Waals surface area contributed by atoms with Crippen LogP contribution < -0.4 is 15.4 Å². The molecule has 0 spiro atoms. The molecular weight excluding hydrogens is 384 g/mol. The Bertz CT molecular complexity index is 947. The fourth-order valence-electron chi connectivity index (χ4n) is 3.51. The third-order valence-electron chi connectivity index (χ3n) is 4.85. The standard InChI is InChI=1S/C19H22N4O2S.ClH/c20-18-13-17(26(24,25)21-15-5-2-1-3-6-15)8-9-19(18)23-12-11-22-10-4-7-16(22)14-23;/h1-3,5-9,13,21H,4,10-12,14,20H2;1H. The summed E-state index contributed by atoms with van der Waals surface area (Å²) in [4.78, 5) is 4.78. The maximum Gasteiger partial charge on any atom is 0.261 e. The van der Waals surface area contributed by atoms with Crippen molar-refractivity contribution in [2.24, 2.45) is 0 Å². The Morgan fingerprint density at radius 2 is 1.70 bits per heavy atom. The first-order chi connectivity index (χ1) is 12.5. The Hall–Kier alpha value is -2.38. The lowest BCUT2D eigenvalue weighted by atomic mass is 10.2. The number of nitrogens with one attached hydrogen (secondary N) is 1. The number of piperazine rings is 1. The van der Waals surface area contributed by atoms with Crippen molar-refractivity contribution in [3.63, 3.8) is 0 Å². The second-order valence-electron chi connectivity index (χ2n) is 6.58. The predicted molar refractivity (Wildman–Crippen MR) is 112 cm³/mol. The molecule has 0 radical (unpaired) electrons. The van der Waals surface area contributed by atoms with E-state index in [1.807, 2.05) is 6.07 Å². The van der Waals surface area contributed by atoms with E-state index in [1.54, 1.807) is 36.4 Å². The molecular formula is C19H23ClN4O2S. The van der Waals surface area contributed by atoms with Gasteiger partial charge in [0.25, 0.3) is 10.0 Å². The molecule has 0 amide bonds. The molecule has 2 aliphatic heterocycles. The van der Waals surface area contributed by atoms with Crippen LogP contribution >= 0.6 is 12.4 Å². The Balaban J connectivity index is 0.00000210. The van der Waals surface area contributed by atoms with Gasteiger partial charge in [0.05, 0.1) is 22.8 Å². The van der Waals surface area contributed by atoms with Gasteiger partial charge in [0.1, 0.15) is 0 Å². The molecule has 0 aliphatic carbocycles. The molecule has 0 atom stereocenters. The molecule has 27 heavy (non-hydrogen) atoms. The molecule has 3 N–H and O–H groups in total. The topological polar surface area (TPSA) is 78.7 Å². The number of nitrogen functional groups attached to an aromatic ring is 1. The number of fused-ring (bicyclic) bond motifs is 1. The third kappa shape index (κ3) is 3.99. The van der Waals surface area contributed by atoms with E-state index in [1.165, 1.54) is 11.8 Å². The quantitative estimate of drug-likeness (QED) is 0.763. The molecule has 1 saturated heterocycles. The van der Waals surface area contributed by atoms with E-state index in [0.717, 1.165) is 38.3 Å². The average Bonchev–Trinajstić information content (AvgIpc) is 3.10. The van der Waals surface area contributed by atoms with Gasteiger partial charge in [0, 0.05) is 31.0 Å². The minimum atomic E-state index is -3.67. The summed E-state index contributed by atoms with van der Waals surface area (Å²) < 4.78 is 27.8. The van der Waals surface area contributed by atoms with Crippen molar-refractivity contribution < 1.29 is 8.42 Å². The van der Waals surface area contributed by atoms with E-state index >= 15 is 0 Å². The number of halogens is 1. The van der Waals surface area contributed by atoms with Crippen molar-refractivity contribution in [2.45, 2.75) is 11.3 Å². The van der Waals surface area contributed by atoms with Crippen molar-refractivity contribution >= 4 is 39.5 Å². The number of benzene rings is 2. The van der Waals surface area contributed by atoms with Crippen LogP contribution in [-0.2, 0) is 10.0 Å². The van der Waals surface area contributed by atoms with Crippen LogP contribution in [0.2, 0.25) is 0 Å². The predicted octanol–water partition coefficient (Wildman–Crippen LogP) is 2.90. The van der Waals surface area contributed by atoms with Crippen molar-refractivity contribution in [1.82, 2.24) is 4.90 Å². The van der Waals surface area contributed by atoms with E-state index in [4.69, 9.17) is 5.73 Å². The number of nitrogens with two attached hydrogens (primary N) is 1. The lowest BCUT2D eigenvalue weighted by molar-refractivity contribution is 0.348. The third-order valence-corrected chi connectivity index (χ3v) is 6.23. The average molecular weight is 407 g/mol. The van der Waals surface area contributed by atoms with Crippen LogP contribution in [0.5, 0.6) is 0 Å². The zero-order valence-corrected chi connectivity index (χ0v) is 16.5. The van der Waals surface area contributed by atoms with Gasteiger partial charge in [-0.1, -0.05) is 24.3 Å². The molecule has 2 aromatic carbocycles. The van der Waals surface area contributed by atoms with Gasteiger partial charge in [-0.05, 0) is 36.8 Å². The molecule has 4 rings (SSSR count). The fourth-order valence-corrected chi connectivity index (χ4v) is 4.60. The normalized spacial score (nSPS) is 16.4. The first-order valence-electron chi connectivity index (χ1n) is 8.69. The minimum Gasteiger partial charge on any atom is -0.397 e. The first-order valence-corrected chi connectivity index (χ1v) is 10.2. The van der Waals surface area contributed by atoms with Crippen molar-refractivity contribution in [3.8, 4) is 0 Å². The summed E-state index contributed by atoms with van der Waals surface area (Å²) in [6, 6.07) is 13.8. The molecule has 0 saturated carbocycles. The molecule has 6 nitrogen and oxygen atoms in total. The van der Waals surface area contributed by atoms with E-state index in [2.05, 4.69) is 20.6 Å². The summed E-state index contributed by atoms with van der Waals surface area (Å²) in [6.45, 7) is 3.77. The van der Waals surface area contributed by atoms with Gasteiger partial charge in [0.2, 0.25) is 0 Å². The van der Waals surface area contributed by atoms with Gasteiger partial charge in [-0.3, -0.25) is 4.72 Å². The maximum atomic E-state index is 12.6. The number of hydrogen-bond donors (Lipinski definition) is 2. The number of sulfonamides is 1. The Morgan fingerprint density at radius 1 is 0.963 bits per heavy atom. The van der Waals surface area contributed by atoms with Crippen LogP contribution in [0.3, 0.4) is 0 Å². The molecule has 0 bridgehead atoms. The van der Waals surface area contributed by atoms with Crippen LogP contribution in [0.1, 0.15) is 6.42 Å². The van der Waals surface area contributed by atoms with Crippen LogP contribution in [0.15, 0.2) is 65.2 Å². The zero-order chi connectivity index (χ0) is 18.1. The zero-order valence-electron chi connectivity index (χ0n) is 14.8. The maximum absolute atomic E-state index is 12.6. The second kappa shape index (κ2) is 7.70. The highest BCUT2D eigenvalue weighted by Crippen LogP contribution is 2.31. The fraction of sp³-hybridized carbons (Fsp3) is 0.263. The van der Waals surface area contributed by atoms with E-state index < -0.39 is 10.0 Å². The van der Waals surface area contributed by atoms with Gasteiger partial charge < -0.3 is 15.5 Å². The Labute approximate surface area is 166 Å². The monoisotopic (exact) mass is 406 g/mol. The summed E-state index contributed by atoms with van der Waals surface area (Å²) in [5.41, 5.74) is 9.44. The van der Waals surface area contributed by atoms with Gasteiger partial charge in [-0.25, -0.2) is 8.42 Å². The summed E-state index contributed by atoms with van der Waals surface area (Å²) in [5, 5.41) is 0. The van der Waals surface area contributed by atoms with E-state index in [9.17, 15) is 8.42 Å². The summed E-state index contributed by atoms with van der Waals surface area (Å²) in [5.74, 6) is 0.